The van der Waals surface area contributed by atoms with Gasteiger partial charge in [-0.25, -0.2) is 9.37 Å². The van der Waals surface area contributed by atoms with Gasteiger partial charge < -0.3 is 46.1 Å². The van der Waals surface area contributed by atoms with Crippen molar-refractivity contribution in [2.24, 2.45) is 5.73 Å². The lowest BCUT2D eigenvalue weighted by Gasteiger charge is -2.47. The second-order valence-corrected chi connectivity index (χ2v) is 16.3. The summed E-state index contributed by atoms with van der Waals surface area (Å²) in [5, 5.41) is 43.0. The van der Waals surface area contributed by atoms with Crippen molar-refractivity contribution in [1.29, 1.82) is 0 Å². The van der Waals surface area contributed by atoms with Gasteiger partial charge in [0.25, 0.3) is 5.91 Å². The smallest absolute Gasteiger partial charge is 0.320 e. The van der Waals surface area contributed by atoms with Gasteiger partial charge in [0.05, 0.1) is 34.6 Å². The van der Waals surface area contributed by atoms with E-state index in [4.69, 9.17) is 20.7 Å². The number of carboxylic acids is 2. The fourth-order valence-electron chi connectivity index (χ4n) is 6.70. The molecule has 2 aliphatic rings. The fraction of sp³-hybridized carbons (Fsp3) is 0.500. The number of H-pyrrole nitrogens is 1. The monoisotopic (exact) mass is 816 g/mol. The van der Waals surface area contributed by atoms with Crippen molar-refractivity contribution < 1.29 is 43.9 Å². The average Bonchev–Trinajstić information content (AvgIpc) is 3.83. The van der Waals surface area contributed by atoms with Gasteiger partial charge in [0.1, 0.15) is 28.8 Å². The highest BCUT2D eigenvalue weighted by Gasteiger charge is 2.41. The van der Waals surface area contributed by atoms with Crippen LogP contribution in [0.3, 0.4) is 0 Å². The maximum Gasteiger partial charge on any atom is 0.320 e. The summed E-state index contributed by atoms with van der Waals surface area (Å²) in [4.78, 5) is 56.0. The number of carbonyl (C=O) groups excluding carboxylic acids is 1. The molecule has 18 heteroatoms. The minimum Gasteiger partial charge on any atom is -0.506 e. The van der Waals surface area contributed by atoms with Crippen LogP contribution in [0.4, 0.5) is 4.39 Å². The van der Waals surface area contributed by atoms with E-state index in [1.807, 2.05) is 22.4 Å². The number of rotatable bonds is 14. The summed E-state index contributed by atoms with van der Waals surface area (Å²) in [6.45, 7) is 8.84. The lowest BCUT2D eigenvalue weighted by atomic mass is 9.89. The zero-order chi connectivity index (χ0) is 40.6. The van der Waals surface area contributed by atoms with Crippen molar-refractivity contribution in [1.82, 2.24) is 25.1 Å². The number of piperidine rings is 1. The number of hydrogen-bond acceptors (Lipinski definition) is 13. The number of likely N-dealkylation sites (tertiary alicyclic amines) is 1. The van der Waals surface area contributed by atoms with Gasteiger partial charge in [0.15, 0.2) is 0 Å². The van der Waals surface area contributed by atoms with Crippen molar-refractivity contribution in [3.8, 4) is 5.75 Å². The Morgan fingerprint density at radius 3 is 2.57 bits per heavy atom. The molecule has 1 spiro atoms. The molecular formula is C38H49FN6O9S2. The number of carboxylic acid groups (broad SMARTS) is 2. The first-order chi connectivity index (χ1) is 26.6. The first kappa shape index (κ1) is 42.8. The number of amides is 1. The van der Waals surface area contributed by atoms with Crippen molar-refractivity contribution in [3.63, 3.8) is 0 Å². The van der Waals surface area contributed by atoms with Crippen LogP contribution in [0.1, 0.15) is 83.7 Å². The number of fused-ring (bicyclic) bond motifs is 1. The SMILES string of the molecule is CC(C)c1nc(C(=O)N2CCOC3(CCN(Cc4ccc(F)c(CCNC[C@H](O)c5ccc(O)c6[nH]c(=O)sc56)c4)CC3)C2)cs1.N[C@@H](CCC(=O)O)C(=O)O. The average molecular weight is 817 g/mol. The summed E-state index contributed by atoms with van der Waals surface area (Å²) in [6.07, 6.45) is 0.971. The summed E-state index contributed by atoms with van der Waals surface area (Å²) in [6, 6.07) is 7.26. The van der Waals surface area contributed by atoms with E-state index >= 15 is 0 Å². The maximum atomic E-state index is 14.7. The van der Waals surface area contributed by atoms with Crippen molar-refractivity contribution in [3.05, 3.63) is 78.6 Å². The highest BCUT2D eigenvalue weighted by Crippen LogP contribution is 2.33. The van der Waals surface area contributed by atoms with E-state index in [9.17, 15) is 33.8 Å². The van der Waals surface area contributed by atoms with E-state index in [2.05, 4.69) is 34.0 Å². The molecule has 0 saturated carbocycles. The number of thiazole rings is 2. The Balaban J connectivity index is 0.000000530. The summed E-state index contributed by atoms with van der Waals surface area (Å²) in [7, 11) is 0. The third kappa shape index (κ3) is 11.2. The number of aromatic nitrogens is 2. The maximum absolute atomic E-state index is 14.7. The normalized spacial score (nSPS) is 16.8. The molecule has 2 fully saturated rings. The van der Waals surface area contributed by atoms with Gasteiger partial charge in [-0.3, -0.25) is 24.1 Å². The topological polar surface area (TPSA) is 232 Å². The number of phenols is 1. The number of nitrogens with two attached hydrogens (primary N) is 1. The molecule has 4 aromatic rings. The zero-order valence-corrected chi connectivity index (χ0v) is 33.0. The predicted octanol–water partition coefficient (Wildman–Crippen LogP) is 3.65. The van der Waals surface area contributed by atoms with Gasteiger partial charge in [-0.1, -0.05) is 43.4 Å². The first-order valence-corrected chi connectivity index (χ1v) is 20.2. The molecule has 2 aromatic carbocycles. The predicted molar refractivity (Wildman–Crippen MR) is 210 cm³/mol. The number of phenolic OH excluding ortho intramolecular Hbond substituents is 1. The number of aromatic amines is 1. The van der Waals surface area contributed by atoms with Crippen LogP contribution >= 0.6 is 22.7 Å². The van der Waals surface area contributed by atoms with E-state index in [0.29, 0.717) is 72.2 Å². The number of carbonyl (C=O) groups is 3. The molecule has 6 rings (SSSR count). The third-order valence-corrected chi connectivity index (χ3v) is 12.0. The van der Waals surface area contributed by atoms with Crippen molar-refractivity contribution >= 4 is 50.7 Å². The Hall–Kier alpha value is -4.30. The molecule has 1 amide bonds. The summed E-state index contributed by atoms with van der Waals surface area (Å²) in [5.41, 5.74) is 7.69. The summed E-state index contributed by atoms with van der Waals surface area (Å²) >= 11 is 2.48. The van der Waals surface area contributed by atoms with Crippen LogP contribution < -0.4 is 15.9 Å². The number of hydrogen-bond donors (Lipinski definition) is 7. The standard InChI is InChI=1S/C33H40FN5O5S2.C5H9NO4/c1-20(2)30-36-25(18-45-30)31(42)39-13-14-44-33(19-39)8-11-38(12-9-33)17-21-3-5-24(34)22(15-21)7-10-35-16-27(41)23-4-6-26(40)28-29(23)46-32(43)37-28;6-3(5(9)10)1-2-4(7)8/h3-6,15,18,20,27,35,40-41H,7-14,16-17,19H2,1-2H3,(H,37,43);3H,1-2,6H2,(H,7,8)(H,9,10)/t27-;3-/m00/s1. The number of aliphatic carboxylic acids is 2. The Labute approximate surface area is 330 Å². The molecule has 2 saturated heterocycles. The Morgan fingerprint density at radius 2 is 1.89 bits per heavy atom. The first-order valence-electron chi connectivity index (χ1n) is 18.5. The van der Waals surface area contributed by atoms with E-state index < -0.39 is 24.1 Å². The molecule has 0 unspecified atom stereocenters. The number of halogens is 1. The quantitative estimate of drug-likeness (QED) is 0.0903. The van der Waals surface area contributed by atoms with Gasteiger partial charge >= 0.3 is 16.8 Å². The summed E-state index contributed by atoms with van der Waals surface area (Å²) < 4.78 is 21.5. The van der Waals surface area contributed by atoms with Crippen LogP contribution in [0.2, 0.25) is 0 Å². The molecule has 0 aliphatic carbocycles. The van der Waals surface area contributed by atoms with E-state index in [0.717, 1.165) is 47.8 Å². The van der Waals surface area contributed by atoms with E-state index in [1.165, 1.54) is 23.5 Å². The van der Waals surface area contributed by atoms with E-state index in [-0.39, 0.29) is 47.3 Å². The van der Waals surface area contributed by atoms with Gasteiger partial charge in [0.2, 0.25) is 0 Å². The molecular weight excluding hydrogens is 768 g/mol. The third-order valence-electron chi connectivity index (χ3n) is 9.90. The minimum absolute atomic E-state index is 0.0206. The number of nitrogens with zero attached hydrogens (tertiary/aromatic N) is 3. The van der Waals surface area contributed by atoms with Crippen LogP contribution in [-0.4, -0.2) is 116 Å². The van der Waals surface area contributed by atoms with Crippen LogP contribution in [0, 0.1) is 5.82 Å². The number of benzene rings is 2. The van der Waals surface area contributed by atoms with Gasteiger partial charge in [-0.15, -0.1) is 11.3 Å². The number of nitrogens with one attached hydrogen (secondary N) is 2. The van der Waals surface area contributed by atoms with Crippen LogP contribution in [0.5, 0.6) is 5.75 Å². The molecule has 0 bridgehead atoms. The second-order valence-electron chi connectivity index (χ2n) is 14.4. The number of aliphatic hydroxyl groups excluding tert-OH is 1. The highest BCUT2D eigenvalue weighted by atomic mass is 32.1. The number of aromatic hydroxyl groups is 1. The molecule has 4 heterocycles. The van der Waals surface area contributed by atoms with Gasteiger partial charge in [-0.2, -0.15) is 0 Å². The lowest BCUT2D eigenvalue weighted by Crippen LogP contribution is -2.58. The highest BCUT2D eigenvalue weighted by molar-refractivity contribution is 7.16. The Kier molecular flexibility index (Phi) is 14.7. The number of morpholine rings is 1. The molecule has 56 heavy (non-hydrogen) atoms. The van der Waals surface area contributed by atoms with Gasteiger partial charge in [-0.05, 0) is 55.5 Å². The van der Waals surface area contributed by atoms with Gasteiger partial charge in [0, 0.05) is 56.0 Å². The minimum atomic E-state index is -1.17. The molecule has 15 nitrogen and oxygen atoms in total. The Bertz CT molecular complexity index is 2040. The molecule has 2 aliphatic heterocycles. The molecule has 2 aromatic heterocycles. The molecule has 304 valence electrons. The molecule has 2 atom stereocenters. The lowest BCUT2D eigenvalue weighted by molar-refractivity contribution is -0.139. The number of ether oxygens (including phenoxy) is 1. The van der Waals surface area contributed by atoms with Crippen LogP contribution in [0.25, 0.3) is 10.2 Å². The van der Waals surface area contributed by atoms with Crippen LogP contribution in [-0.2, 0) is 27.3 Å². The van der Waals surface area contributed by atoms with Crippen molar-refractivity contribution in [2.75, 3.05) is 45.9 Å². The Morgan fingerprint density at radius 1 is 1.14 bits per heavy atom. The zero-order valence-electron chi connectivity index (χ0n) is 31.3. The largest absolute Gasteiger partial charge is 0.506 e. The fourth-order valence-corrected chi connectivity index (χ4v) is 8.43. The van der Waals surface area contributed by atoms with Crippen LogP contribution in [0.15, 0.2) is 40.5 Å². The number of aliphatic hydroxyl groups is 1. The van der Waals surface area contributed by atoms with Crippen molar-refractivity contribution in [2.45, 2.75) is 76.2 Å². The molecule has 8 N–H and O–H groups in total. The molecule has 0 radical (unpaired) electrons. The second kappa shape index (κ2) is 19.2. The summed E-state index contributed by atoms with van der Waals surface area (Å²) in [5.74, 6) is -2.22. The van der Waals surface area contributed by atoms with E-state index in [1.54, 1.807) is 6.07 Å².